The second-order valence-electron chi connectivity index (χ2n) is 5.63. The molecule has 27 heavy (non-hydrogen) atoms. The minimum atomic E-state index is -4.57. The molecule has 8 heteroatoms. The Bertz CT molecular complexity index is 915. The number of nitrogens with zero attached hydrogens (tertiary/aromatic N) is 2. The summed E-state index contributed by atoms with van der Waals surface area (Å²) in [4.78, 5) is 7.92. The summed E-state index contributed by atoms with van der Waals surface area (Å²) in [5.74, 6) is -0.335. The van der Waals surface area contributed by atoms with E-state index in [-0.39, 0.29) is 5.75 Å². The summed E-state index contributed by atoms with van der Waals surface area (Å²) >= 11 is 0. The van der Waals surface area contributed by atoms with E-state index in [1.165, 1.54) is 24.4 Å². The molecule has 0 fully saturated rings. The van der Waals surface area contributed by atoms with E-state index in [0.717, 1.165) is 6.07 Å². The predicted molar refractivity (Wildman–Crippen MR) is 91.0 cm³/mol. The van der Waals surface area contributed by atoms with Crippen molar-refractivity contribution < 1.29 is 28.1 Å². The molecule has 0 spiro atoms. The van der Waals surface area contributed by atoms with Crippen molar-refractivity contribution in [2.45, 2.75) is 12.3 Å². The number of rotatable bonds is 5. The van der Waals surface area contributed by atoms with Crippen LogP contribution in [0.25, 0.3) is 11.3 Å². The van der Waals surface area contributed by atoms with Crippen molar-refractivity contribution in [3.05, 3.63) is 72.1 Å². The van der Waals surface area contributed by atoms with Crippen molar-refractivity contribution in [1.29, 1.82) is 0 Å². The fourth-order valence-corrected chi connectivity index (χ4v) is 2.38. The summed E-state index contributed by atoms with van der Waals surface area (Å²) in [6.07, 6.45) is -4.43. The number of halogens is 3. The van der Waals surface area contributed by atoms with Gasteiger partial charge in [0.15, 0.2) is 0 Å². The van der Waals surface area contributed by atoms with Crippen LogP contribution in [0.15, 0.2) is 60.8 Å². The van der Waals surface area contributed by atoms with Crippen molar-refractivity contribution in [2.75, 3.05) is 6.61 Å². The molecule has 1 unspecified atom stereocenters. The molecule has 0 amide bonds. The minimum Gasteiger partial charge on any atom is -0.438 e. The van der Waals surface area contributed by atoms with Crippen LogP contribution in [0.5, 0.6) is 11.6 Å². The normalized spacial score (nSPS) is 12.6. The fourth-order valence-electron chi connectivity index (χ4n) is 2.38. The van der Waals surface area contributed by atoms with Gasteiger partial charge in [-0.2, -0.15) is 13.2 Å². The van der Waals surface area contributed by atoms with Crippen LogP contribution >= 0.6 is 0 Å². The van der Waals surface area contributed by atoms with Crippen LogP contribution in [-0.4, -0.2) is 26.8 Å². The van der Waals surface area contributed by atoms with Gasteiger partial charge in [-0.05, 0) is 48.5 Å². The summed E-state index contributed by atoms with van der Waals surface area (Å²) < 4.78 is 44.3. The van der Waals surface area contributed by atoms with Crippen LogP contribution in [-0.2, 0) is 6.18 Å². The number of aromatic nitrogens is 2. The number of aliphatic hydroxyl groups excluding tert-OH is 2. The Labute approximate surface area is 152 Å². The van der Waals surface area contributed by atoms with Gasteiger partial charge < -0.3 is 14.9 Å². The first-order chi connectivity index (χ1) is 12.9. The lowest BCUT2D eigenvalue weighted by molar-refractivity contribution is -0.138. The molecule has 0 saturated carbocycles. The van der Waals surface area contributed by atoms with E-state index in [4.69, 9.17) is 9.84 Å². The van der Waals surface area contributed by atoms with Gasteiger partial charge in [-0.25, -0.2) is 9.97 Å². The maximum Gasteiger partial charge on any atom is 0.421 e. The van der Waals surface area contributed by atoms with E-state index in [1.54, 1.807) is 30.3 Å². The van der Waals surface area contributed by atoms with Crippen LogP contribution in [0.4, 0.5) is 13.2 Å². The van der Waals surface area contributed by atoms with Gasteiger partial charge in [0.1, 0.15) is 17.4 Å². The smallest absolute Gasteiger partial charge is 0.421 e. The van der Waals surface area contributed by atoms with Crippen molar-refractivity contribution in [3.8, 4) is 22.9 Å². The van der Waals surface area contributed by atoms with Crippen molar-refractivity contribution in [3.63, 3.8) is 0 Å². The van der Waals surface area contributed by atoms with Gasteiger partial charge in [0.2, 0.25) is 5.88 Å². The molecular weight excluding hydrogens is 361 g/mol. The van der Waals surface area contributed by atoms with Crippen molar-refractivity contribution in [2.24, 2.45) is 0 Å². The molecule has 3 rings (SSSR count). The van der Waals surface area contributed by atoms with Gasteiger partial charge in [0, 0.05) is 11.8 Å². The SMILES string of the molecule is OCC(O)c1cccc(-c2ccc(Oc3ncccc3C(F)(F)F)cc2)n1. The third kappa shape index (κ3) is 4.42. The van der Waals surface area contributed by atoms with Gasteiger partial charge in [-0.1, -0.05) is 6.07 Å². The molecule has 1 aromatic carbocycles. The zero-order valence-electron chi connectivity index (χ0n) is 13.9. The molecule has 2 N–H and O–H groups in total. The van der Waals surface area contributed by atoms with Gasteiger partial charge in [0.25, 0.3) is 0 Å². The van der Waals surface area contributed by atoms with E-state index >= 15 is 0 Å². The molecule has 0 saturated heterocycles. The summed E-state index contributed by atoms with van der Waals surface area (Å²) in [7, 11) is 0. The highest BCUT2D eigenvalue weighted by Crippen LogP contribution is 2.36. The highest BCUT2D eigenvalue weighted by atomic mass is 19.4. The van der Waals surface area contributed by atoms with Crippen LogP contribution in [0.3, 0.4) is 0 Å². The molecule has 0 aliphatic heterocycles. The lowest BCUT2D eigenvalue weighted by atomic mass is 10.1. The monoisotopic (exact) mass is 376 g/mol. The minimum absolute atomic E-state index is 0.189. The van der Waals surface area contributed by atoms with Crippen LogP contribution in [0.1, 0.15) is 17.4 Å². The molecule has 0 radical (unpaired) electrons. The second kappa shape index (κ2) is 7.73. The van der Waals surface area contributed by atoms with Crippen LogP contribution in [0, 0.1) is 0 Å². The number of alkyl halides is 3. The number of benzene rings is 1. The number of hydrogen-bond acceptors (Lipinski definition) is 5. The summed E-state index contributed by atoms with van der Waals surface area (Å²) in [5.41, 5.74) is 0.576. The molecule has 1 atom stereocenters. The lowest BCUT2D eigenvalue weighted by Crippen LogP contribution is -2.08. The molecule has 2 heterocycles. The van der Waals surface area contributed by atoms with Crippen molar-refractivity contribution in [1.82, 2.24) is 9.97 Å². The van der Waals surface area contributed by atoms with Gasteiger partial charge in [-0.3, -0.25) is 0 Å². The third-order valence-corrected chi connectivity index (χ3v) is 3.73. The number of aliphatic hydroxyl groups is 2. The zero-order valence-corrected chi connectivity index (χ0v) is 13.9. The predicted octanol–water partition coefficient (Wildman–Crippen LogP) is 3.98. The average Bonchev–Trinajstić information content (AvgIpc) is 2.67. The second-order valence-corrected chi connectivity index (χ2v) is 5.63. The van der Waals surface area contributed by atoms with E-state index in [0.29, 0.717) is 17.0 Å². The van der Waals surface area contributed by atoms with E-state index < -0.39 is 30.3 Å². The summed E-state index contributed by atoms with van der Waals surface area (Å²) in [6, 6.07) is 13.3. The molecule has 0 aliphatic carbocycles. The van der Waals surface area contributed by atoms with Crippen molar-refractivity contribution >= 4 is 0 Å². The Balaban J connectivity index is 1.83. The quantitative estimate of drug-likeness (QED) is 0.705. The molecule has 5 nitrogen and oxygen atoms in total. The number of ether oxygens (including phenoxy) is 1. The van der Waals surface area contributed by atoms with Gasteiger partial charge in [-0.15, -0.1) is 0 Å². The van der Waals surface area contributed by atoms with E-state index in [1.807, 2.05) is 0 Å². The fraction of sp³-hybridized carbons (Fsp3) is 0.158. The highest BCUT2D eigenvalue weighted by Gasteiger charge is 2.35. The first kappa shape index (κ1) is 18.8. The summed E-state index contributed by atoms with van der Waals surface area (Å²) in [6.45, 7) is -0.450. The van der Waals surface area contributed by atoms with E-state index in [2.05, 4.69) is 9.97 Å². The Hall–Kier alpha value is -2.97. The zero-order chi connectivity index (χ0) is 19.4. The molecule has 0 bridgehead atoms. The number of pyridine rings is 2. The maximum atomic E-state index is 13.0. The number of hydrogen-bond donors (Lipinski definition) is 2. The van der Waals surface area contributed by atoms with Crippen LogP contribution in [0.2, 0.25) is 0 Å². The molecule has 140 valence electrons. The standard InChI is InChI=1S/C19H15F3N2O3/c20-19(21,22)14-3-2-10-23-18(14)27-13-8-6-12(7-9-13)15-4-1-5-16(24-15)17(26)11-25/h1-10,17,25-26H,11H2. The highest BCUT2D eigenvalue weighted by molar-refractivity contribution is 5.60. The Morgan fingerprint density at radius 1 is 1.00 bits per heavy atom. The molecule has 0 aliphatic rings. The molecule has 3 aromatic rings. The molecular formula is C19H15F3N2O3. The molecule has 2 aromatic heterocycles. The van der Waals surface area contributed by atoms with Crippen LogP contribution < -0.4 is 4.74 Å². The summed E-state index contributed by atoms with van der Waals surface area (Å²) in [5, 5.41) is 18.7. The topological polar surface area (TPSA) is 75.5 Å². The van der Waals surface area contributed by atoms with E-state index in [9.17, 15) is 18.3 Å². The maximum absolute atomic E-state index is 13.0. The Kier molecular flexibility index (Phi) is 5.38. The Morgan fingerprint density at radius 2 is 1.74 bits per heavy atom. The largest absolute Gasteiger partial charge is 0.438 e. The first-order valence-corrected chi connectivity index (χ1v) is 7.95. The van der Waals surface area contributed by atoms with Gasteiger partial charge >= 0.3 is 6.18 Å². The lowest BCUT2D eigenvalue weighted by Gasteiger charge is -2.12. The first-order valence-electron chi connectivity index (χ1n) is 7.95. The average molecular weight is 376 g/mol. The third-order valence-electron chi connectivity index (χ3n) is 3.73. The van der Waals surface area contributed by atoms with Gasteiger partial charge in [0.05, 0.1) is 18.0 Å². The Morgan fingerprint density at radius 3 is 2.41 bits per heavy atom.